The first kappa shape index (κ1) is 19.9. The third kappa shape index (κ3) is 3.77. The minimum Gasteiger partial charge on any atom is -0.493 e. The number of aromatic hydroxyl groups is 1. The fraction of sp³-hybridized carbons (Fsp3) is 0.500. The molecule has 9 heteroatoms. The van der Waals surface area contributed by atoms with E-state index in [-0.39, 0.29) is 18.0 Å². The van der Waals surface area contributed by atoms with Gasteiger partial charge in [-0.15, -0.1) is 5.10 Å². The molecule has 3 aromatic rings. The molecule has 2 N–H and O–H groups in total. The van der Waals surface area contributed by atoms with Gasteiger partial charge in [-0.2, -0.15) is 4.52 Å². The van der Waals surface area contributed by atoms with Gasteiger partial charge in [-0.1, -0.05) is 17.4 Å². The van der Waals surface area contributed by atoms with Crippen LogP contribution >= 0.6 is 11.3 Å². The molecule has 0 spiro atoms. The third-order valence-corrected chi connectivity index (χ3v) is 6.29. The molecule has 1 aliphatic heterocycles. The zero-order chi connectivity index (χ0) is 20.5. The molecule has 0 amide bonds. The highest BCUT2D eigenvalue weighted by atomic mass is 32.1. The monoisotopic (exact) mass is 418 g/mol. The van der Waals surface area contributed by atoms with Crippen molar-refractivity contribution < 1.29 is 19.7 Å². The smallest absolute Gasteiger partial charge is 0.230 e. The molecule has 1 unspecified atom stereocenters. The van der Waals surface area contributed by atoms with Crippen LogP contribution in [0.15, 0.2) is 18.2 Å². The van der Waals surface area contributed by atoms with Crippen molar-refractivity contribution >= 4 is 16.3 Å². The molecular weight excluding hydrogens is 392 g/mol. The van der Waals surface area contributed by atoms with Gasteiger partial charge in [-0.3, -0.25) is 4.90 Å². The largest absolute Gasteiger partial charge is 0.493 e. The predicted octanol–water partition coefficient (Wildman–Crippen LogP) is 2.76. The molecule has 1 fully saturated rings. The molecule has 4 rings (SSSR count). The van der Waals surface area contributed by atoms with Crippen molar-refractivity contribution in [2.24, 2.45) is 0 Å². The number of rotatable bonds is 6. The SMILES string of the molecule is CCOc1ccc(C(c2sc3nc(C)nn3c2O)N2CCC(O)CC2)cc1OC. The summed E-state index contributed by atoms with van der Waals surface area (Å²) in [6.45, 7) is 5.75. The van der Waals surface area contributed by atoms with E-state index in [0.717, 1.165) is 23.5 Å². The number of hydrogen-bond acceptors (Lipinski definition) is 8. The Kier molecular flexibility index (Phi) is 5.62. The van der Waals surface area contributed by atoms with Gasteiger partial charge >= 0.3 is 0 Å². The lowest BCUT2D eigenvalue weighted by molar-refractivity contribution is 0.0689. The molecule has 8 nitrogen and oxygen atoms in total. The maximum Gasteiger partial charge on any atom is 0.230 e. The normalized spacial score (nSPS) is 17.0. The van der Waals surface area contributed by atoms with E-state index in [2.05, 4.69) is 15.0 Å². The number of ether oxygens (including phenoxy) is 2. The van der Waals surface area contributed by atoms with Crippen LogP contribution in [0.4, 0.5) is 0 Å². The van der Waals surface area contributed by atoms with Crippen LogP contribution in [-0.2, 0) is 0 Å². The Morgan fingerprint density at radius 1 is 1.28 bits per heavy atom. The molecule has 0 aliphatic carbocycles. The Bertz CT molecular complexity index is 994. The number of piperidine rings is 1. The third-order valence-electron chi connectivity index (χ3n) is 5.22. The number of hydrogen-bond donors (Lipinski definition) is 2. The molecule has 1 saturated heterocycles. The highest BCUT2D eigenvalue weighted by Gasteiger charge is 2.32. The average Bonchev–Trinajstić information content (AvgIpc) is 3.22. The zero-order valence-electron chi connectivity index (χ0n) is 16.8. The number of aryl methyl sites for hydroxylation is 1. The number of thiazole rings is 1. The van der Waals surface area contributed by atoms with E-state index in [1.54, 1.807) is 14.0 Å². The van der Waals surface area contributed by atoms with Crippen LogP contribution in [0.1, 0.15) is 42.1 Å². The molecule has 1 aromatic carbocycles. The second kappa shape index (κ2) is 8.17. The van der Waals surface area contributed by atoms with Gasteiger partial charge in [0.25, 0.3) is 0 Å². The standard InChI is InChI=1S/C20H26N4O4S/c1-4-28-15-6-5-13(11-16(15)27-3)17(23-9-7-14(25)8-10-23)18-19(26)24-20(29-18)21-12(2)22-24/h5-6,11,14,17,25-26H,4,7-10H2,1-3H3. The van der Waals surface area contributed by atoms with Crippen molar-refractivity contribution in [2.75, 3.05) is 26.8 Å². The van der Waals surface area contributed by atoms with Crippen molar-refractivity contribution in [1.29, 1.82) is 0 Å². The summed E-state index contributed by atoms with van der Waals surface area (Å²) in [6, 6.07) is 5.67. The number of aromatic nitrogens is 3. The number of benzene rings is 1. The lowest BCUT2D eigenvalue weighted by Crippen LogP contribution is -2.38. The van der Waals surface area contributed by atoms with Crippen molar-refractivity contribution in [2.45, 2.75) is 38.8 Å². The van der Waals surface area contributed by atoms with Gasteiger partial charge in [0.05, 0.1) is 30.7 Å². The number of nitrogens with zero attached hydrogens (tertiary/aromatic N) is 4. The van der Waals surface area contributed by atoms with Crippen LogP contribution in [0, 0.1) is 6.92 Å². The highest BCUT2D eigenvalue weighted by Crippen LogP contribution is 2.42. The van der Waals surface area contributed by atoms with E-state index >= 15 is 0 Å². The number of fused-ring (bicyclic) bond motifs is 1. The lowest BCUT2D eigenvalue weighted by atomic mass is 9.99. The maximum atomic E-state index is 10.9. The van der Waals surface area contributed by atoms with E-state index in [4.69, 9.17) is 9.47 Å². The van der Waals surface area contributed by atoms with Crippen LogP contribution in [-0.4, -0.2) is 62.6 Å². The Hall–Kier alpha value is -2.36. The van der Waals surface area contributed by atoms with Crippen molar-refractivity contribution in [3.63, 3.8) is 0 Å². The Morgan fingerprint density at radius 3 is 2.69 bits per heavy atom. The molecule has 1 atom stereocenters. The summed E-state index contributed by atoms with van der Waals surface area (Å²) in [6.07, 6.45) is 1.12. The minimum absolute atomic E-state index is 0.106. The fourth-order valence-corrected chi connectivity index (χ4v) is 4.99. The van der Waals surface area contributed by atoms with E-state index in [0.29, 0.717) is 41.7 Å². The predicted molar refractivity (Wildman–Crippen MR) is 110 cm³/mol. The Balaban J connectivity index is 1.80. The average molecular weight is 419 g/mol. The van der Waals surface area contributed by atoms with E-state index in [9.17, 15) is 10.2 Å². The summed E-state index contributed by atoms with van der Waals surface area (Å²) in [4.78, 5) is 8.13. The molecule has 0 bridgehead atoms. The van der Waals surface area contributed by atoms with E-state index < -0.39 is 0 Å². The summed E-state index contributed by atoms with van der Waals surface area (Å²) >= 11 is 1.43. The van der Waals surface area contributed by atoms with Crippen LogP contribution in [0.2, 0.25) is 0 Å². The quantitative estimate of drug-likeness (QED) is 0.636. The lowest BCUT2D eigenvalue weighted by Gasteiger charge is -2.36. The fourth-order valence-electron chi connectivity index (χ4n) is 3.83. The number of methoxy groups -OCH3 is 1. The number of aliphatic hydroxyl groups excluding tert-OH is 1. The topological polar surface area (TPSA) is 92.4 Å². The Labute approximate surface area is 173 Å². The minimum atomic E-state index is -0.277. The summed E-state index contributed by atoms with van der Waals surface area (Å²) in [5, 5.41) is 25.2. The first-order valence-corrected chi connectivity index (χ1v) is 10.6. The molecule has 3 heterocycles. The molecule has 0 saturated carbocycles. The van der Waals surface area contributed by atoms with E-state index in [1.807, 2.05) is 25.1 Å². The van der Waals surface area contributed by atoms with Crippen molar-refractivity contribution in [3.05, 3.63) is 34.5 Å². The molecule has 2 aromatic heterocycles. The van der Waals surface area contributed by atoms with Crippen molar-refractivity contribution in [1.82, 2.24) is 19.5 Å². The van der Waals surface area contributed by atoms with Gasteiger partial charge in [0.2, 0.25) is 10.8 Å². The second-order valence-electron chi connectivity index (χ2n) is 7.16. The highest BCUT2D eigenvalue weighted by molar-refractivity contribution is 7.17. The molecule has 0 radical (unpaired) electrons. The number of likely N-dealkylation sites (tertiary alicyclic amines) is 1. The second-order valence-corrected chi connectivity index (χ2v) is 8.17. The first-order chi connectivity index (χ1) is 14.0. The van der Waals surface area contributed by atoms with Crippen molar-refractivity contribution in [3.8, 4) is 17.4 Å². The van der Waals surface area contributed by atoms with Gasteiger partial charge in [-0.25, -0.2) is 4.98 Å². The molecule has 1 aliphatic rings. The summed E-state index contributed by atoms with van der Waals surface area (Å²) in [5.74, 6) is 2.07. The summed E-state index contributed by atoms with van der Waals surface area (Å²) in [7, 11) is 1.62. The van der Waals surface area contributed by atoms with Gasteiger partial charge in [0.15, 0.2) is 11.5 Å². The van der Waals surface area contributed by atoms with Gasteiger partial charge in [0.1, 0.15) is 5.82 Å². The summed E-state index contributed by atoms with van der Waals surface area (Å²) in [5.41, 5.74) is 0.984. The molecule has 29 heavy (non-hydrogen) atoms. The maximum absolute atomic E-state index is 10.9. The zero-order valence-corrected chi connectivity index (χ0v) is 17.6. The van der Waals surface area contributed by atoms with Crippen LogP contribution in [0.3, 0.4) is 0 Å². The molecular formula is C20H26N4O4S. The van der Waals surface area contributed by atoms with Crippen LogP contribution < -0.4 is 9.47 Å². The Morgan fingerprint density at radius 2 is 2.03 bits per heavy atom. The summed E-state index contributed by atoms with van der Waals surface area (Å²) < 4.78 is 12.7. The van der Waals surface area contributed by atoms with E-state index in [1.165, 1.54) is 15.9 Å². The molecule has 156 valence electrons. The number of aliphatic hydroxyl groups is 1. The van der Waals surface area contributed by atoms with Crippen LogP contribution in [0.25, 0.3) is 4.96 Å². The van der Waals surface area contributed by atoms with Gasteiger partial charge in [-0.05, 0) is 44.4 Å². The van der Waals surface area contributed by atoms with Crippen LogP contribution in [0.5, 0.6) is 17.4 Å². The van der Waals surface area contributed by atoms with Gasteiger partial charge in [0, 0.05) is 13.1 Å². The first-order valence-electron chi connectivity index (χ1n) is 9.79. The van der Waals surface area contributed by atoms with Gasteiger partial charge < -0.3 is 19.7 Å².